The van der Waals surface area contributed by atoms with E-state index in [-0.39, 0.29) is 12.4 Å². The average Bonchev–Trinajstić information content (AvgIpc) is 2.88. The molecule has 0 saturated carbocycles. The third-order valence-electron chi connectivity index (χ3n) is 4.82. The Balaban J connectivity index is 1.46. The highest BCUT2D eigenvalue weighted by atomic mass is 32.2. The van der Waals surface area contributed by atoms with Crippen LogP contribution in [0.2, 0.25) is 0 Å². The summed E-state index contributed by atoms with van der Waals surface area (Å²) in [7, 11) is 0. The van der Waals surface area contributed by atoms with Crippen LogP contribution in [0.15, 0.2) is 118 Å². The quantitative estimate of drug-likeness (QED) is 0.194. The predicted molar refractivity (Wildman–Crippen MR) is 139 cm³/mol. The lowest BCUT2D eigenvalue weighted by molar-refractivity contribution is 0.318. The third kappa shape index (κ3) is 7.56. The second-order valence-corrected chi connectivity index (χ2v) is 9.80. The molecular weight excluding hydrogens is 484 g/mol. The smallest absolute Gasteiger partial charge is 0.121 e. The van der Waals surface area contributed by atoms with Crippen molar-refractivity contribution in [2.45, 2.75) is 34.5 Å². The van der Waals surface area contributed by atoms with E-state index in [9.17, 15) is 5.11 Å². The van der Waals surface area contributed by atoms with E-state index in [4.69, 9.17) is 12.5 Å². The molecule has 0 saturated heterocycles. The lowest BCUT2D eigenvalue weighted by Crippen LogP contribution is -2.03. The molecule has 0 aliphatic carbocycles. The van der Waals surface area contributed by atoms with Gasteiger partial charge in [0.05, 0.1) is 19.8 Å². The van der Waals surface area contributed by atoms with Crippen LogP contribution in [-0.2, 0) is 32.4 Å². The zero-order valence-corrected chi connectivity index (χ0v) is 20.8. The summed E-state index contributed by atoms with van der Waals surface area (Å²) in [4.78, 5) is 3.04. The highest BCUT2D eigenvalue weighted by Gasteiger charge is 2.15. The standard InChI is InChI=1S/C27H24O4S3/c28-27-17-16-21(18-29-32-22-10-4-1-5-11-22)25(19-30-33-23-12-6-2-7-13-23)26(27)20-31-34-24-14-8-3-9-15-24/h1-17,28H,18-20H2. The zero-order chi connectivity index (χ0) is 23.4. The van der Waals surface area contributed by atoms with Crippen LogP contribution in [0.4, 0.5) is 0 Å². The Labute approximate surface area is 213 Å². The Bertz CT molecular complexity index is 1140. The topological polar surface area (TPSA) is 47.9 Å². The number of hydrogen-bond acceptors (Lipinski definition) is 7. The van der Waals surface area contributed by atoms with Gasteiger partial charge in [-0.3, -0.25) is 0 Å². The van der Waals surface area contributed by atoms with E-state index in [0.29, 0.717) is 18.8 Å². The normalized spacial score (nSPS) is 10.9. The molecular formula is C27H24O4S3. The molecule has 4 rings (SSSR count). The van der Waals surface area contributed by atoms with E-state index in [0.717, 1.165) is 25.8 Å². The van der Waals surface area contributed by atoms with Crippen molar-refractivity contribution in [1.29, 1.82) is 0 Å². The first-order valence-corrected chi connectivity index (χ1v) is 12.9. The fraction of sp³-hybridized carbons (Fsp3) is 0.111. The van der Waals surface area contributed by atoms with E-state index in [1.807, 2.05) is 97.1 Å². The number of aromatic hydroxyl groups is 1. The van der Waals surface area contributed by atoms with Crippen molar-refractivity contribution < 1.29 is 17.7 Å². The molecule has 1 N–H and O–H groups in total. The van der Waals surface area contributed by atoms with E-state index in [1.54, 1.807) is 6.07 Å². The largest absolute Gasteiger partial charge is 0.508 e. The van der Waals surface area contributed by atoms with Crippen molar-refractivity contribution in [3.05, 3.63) is 120 Å². The lowest BCUT2D eigenvalue weighted by Gasteiger charge is -2.16. The van der Waals surface area contributed by atoms with Gasteiger partial charge in [-0.15, -0.1) is 0 Å². The molecule has 0 aliphatic rings. The van der Waals surface area contributed by atoms with Crippen molar-refractivity contribution in [3.63, 3.8) is 0 Å². The first kappa shape index (κ1) is 24.7. The van der Waals surface area contributed by atoms with Gasteiger partial charge < -0.3 is 17.7 Å². The average molecular weight is 509 g/mol. The summed E-state index contributed by atoms with van der Waals surface area (Å²) >= 11 is 3.91. The predicted octanol–water partition coefficient (Wildman–Crippen LogP) is 8.06. The first-order valence-electron chi connectivity index (χ1n) is 10.7. The minimum Gasteiger partial charge on any atom is -0.508 e. The Morgan fingerprint density at radius 2 is 0.882 bits per heavy atom. The fourth-order valence-corrected chi connectivity index (χ4v) is 4.86. The maximum Gasteiger partial charge on any atom is 0.121 e. The summed E-state index contributed by atoms with van der Waals surface area (Å²) in [5.74, 6) is 0.177. The van der Waals surface area contributed by atoms with Crippen LogP contribution in [0.5, 0.6) is 5.75 Å². The van der Waals surface area contributed by atoms with E-state index in [2.05, 4.69) is 0 Å². The Kier molecular flexibility index (Phi) is 9.81. The van der Waals surface area contributed by atoms with Crippen molar-refractivity contribution in [2.24, 2.45) is 0 Å². The number of phenolic OH excluding ortho intramolecular Hbond substituents is 1. The molecule has 0 radical (unpaired) electrons. The minimum absolute atomic E-state index is 0.177. The molecule has 0 unspecified atom stereocenters. The molecule has 0 amide bonds. The number of hydrogen-bond donors (Lipinski definition) is 1. The van der Waals surface area contributed by atoms with Gasteiger partial charge in [-0.2, -0.15) is 0 Å². The van der Waals surface area contributed by atoms with E-state index >= 15 is 0 Å². The van der Waals surface area contributed by atoms with Gasteiger partial charge >= 0.3 is 0 Å². The van der Waals surface area contributed by atoms with Gasteiger partial charge in [0.2, 0.25) is 0 Å². The molecule has 0 spiro atoms. The highest BCUT2D eigenvalue weighted by Crippen LogP contribution is 2.32. The molecule has 0 heterocycles. The Morgan fingerprint density at radius 3 is 1.35 bits per heavy atom. The van der Waals surface area contributed by atoms with Gasteiger partial charge in [-0.05, 0) is 53.6 Å². The fourth-order valence-electron chi connectivity index (χ4n) is 3.11. The summed E-state index contributed by atoms with van der Waals surface area (Å²) in [6.07, 6.45) is 0. The molecule has 34 heavy (non-hydrogen) atoms. The van der Waals surface area contributed by atoms with E-state index < -0.39 is 0 Å². The van der Waals surface area contributed by atoms with Crippen molar-refractivity contribution >= 4 is 36.1 Å². The Hall–Kier alpha value is -2.39. The summed E-state index contributed by atoms with van der Waals surface area (Å²) < 4.78 is 17.7. The van der Waals surface area contributed by atoms with Crippen LogP contribution >= 0.6 is 36.1 Å². The molecule has 0 fully saturated rings. The first-order chi connectivity index (χ1) is 16.8. The highest BCUT2D eigenvalue weighted by molar-refractivity contribution is 7.95. The van der Waals surface area contributed by atoms with Crippen LogP contribution in [0.1, 0.15) is 16.7 Å². The van der Waals surface area contributed by atoms with Gasteiger partial charge in [-0.25, -0.2) is 0 Å². The van der Waals surface area contributed by atoms with Crippen LogP contribution < -0.4 is 0 Å². The summed E-state index contributed by atoms with van der Waals surface area (Å²) in [5, 5.41) is 10.6. The maximum absolute atomic E-state index is 10.6. The number of benzene rings is 4. The molecule has 4 aromatic rings. The van der Waals surface area contributed by atoms with Gasteiger partial charge in [0.25, 0.3) is 0 Å². The molecule has 0 bridgehead atoms. The molecule has 4 aromatic carbocycles. The molecule has 0 aliphatic heterocycles. The van der Waals surface area contributed by atoms with Crippen molar-refractivity contribution in [1.82, 2.24) is 0 Å². The van der Waals surface area contributed by atoms with E-state index in [1.165, 1.54) is 36.1 Å². The van der Waals surface area contributed by atoms with Gasteiger partial charge in [0.1, 0.15) is 5.75 Å². The van der Waals surface area contributed by atoms with Gasteiger partial charge in [0.15, 0.2) is 0 Å². The lowest BCUT2D eigenvalue weighted by atomic mass is 10.0. The maximum atomic E-state index is 10.6. The van der Waals surface area contributed by atoms with Gasteiger partial charge in [-0.1, -0.05) is 60.7 Å². The monoisotopic (exact) mass is 508 g/mol. The van der Waals surface area contributed by atoms with Crippen LogP contribution in [0, 0.1) is 0 Å². The number of phenols is 1. The number of rotatable bonds is 12. The zero-order valence-electron chi connectivity index (χ0n) is 18.3. The second-order valence-electron chi connectivity index (χ2n) is 7.18. The Morgan fingerprint density at radius 1 is 0.471 bits per heavy atom. The SMILES string of the molecule is Oc1ccc(COSc2ccccc2)c(COSc2ccccc2)c1COSc1ccccc1. The van der Waals surface area contributed by atoms with Crippen LogP contribution in [0.25, 0.3) is 0 Å². The van der Waals surface area contributed by atoms with Crippen molar-refractivity contribution in [3.8, 4) is 5.75 Å². The van der Waals surface area contributed by atoms with Gasteiger partial charge in [0, 0.05) is 56.4 Å². The van der Waals surface area contributed by atoms with Crippen molar-refractivity contribution in [2.75, 3.05) is 0 Å². The summed E-state index contributed by atoms with van der Waals surface area (Å²) in [6, 6.07) is 33.3. The third-order valence-corrected chi connectivity index (χ3v) is 6.92. The summed E-state index contributed by atoms with van der Waals surface area (Å²) in [6.45, 7) is 0.907. The van der Waals surface area contributed by atoms with Crippen LogP contribution in [0.3, 0.4) is 0 Å². The molecule has 174 valence electrons. The molecule has 7 heteroatoms. The molecule has 0 atom stereocenters. The summed E-state index contributed by atoms with van der Waals surface area (Å²) in [5.41, 5.74) is 2.51. The molecule has 4 nitrogen and oxygen atoms in total. The van der Waals surface area contributed by atoms with Crippen LogP contribution in [-0.4, -0.2) is 5.11 Å². The second kappa shape index (κ2) is 13.5. The minimum atomic E-state index is 0.177. The molecule has 0 aromatic heterocycles.